The summed E-state index contributed by atoms with van der Waals surface area (Å²) in [6.45, 7) is 3.70. The van der Waals surface area contributed by atoms with Crippen molar-refractivity contribution in [1.29, 1.82) is 0 Å². The van der Waals surface area contributed by atoms with Gasteiger partial charge in [-0.1, -0.05) is 6.92 Å². The lowest BCUT2D eigenvalue weighted by molar-refractivity contribution is -0.117. The maximum Gasteiger partial charge on any atom is 0.355 e. The van der Waals surface area contributed by atoms with Gasteiger partial charge in [-0.15, -0.1) is 0 Å². The summed E-state index contributed by atoms with van der Waals surface area (Å²) in [5.41, 5.74) is 2.56. The number of Topliss-reactive ketones (excluding diaryl/α,β-unsaturated/α-hetero) is 1. The number of aryl methyl sites for hydroxylation is 1. The number of aromatic amines is 1. The standard InChI is InChI=1S/C22H24N2O6/c1-4-16-19(21(27)29-3)13(2)20(23-16)22(28)30-12-17(25)14-7-9-15(10-8-14)24-11-5-6-18(24)26/h7-10,23H,4-6,11-12H2,1-3H3. The van der Waals surface area contributed by atoms with Gasteiger partial charge in [-0.3, -0.25) is 9.59 Å². The monoisotopic (exact) mass is 412 g/mol. The number of esters is 2. The van der Waals surface area contributed by atoms with Crippen molar-refractivity contribution in [3.8, 4) is 0 Å². The number of benzene rings is 1. The highest BCUT2D eigenvalue weighted by atomic mass is 16.5. The van der Waals surface area contributed by atoms with Crippen LogP contribution in [0.2, 0.25) is 0 Å². The van der Waals surface area contributed by atoms with Gasteiger partial charge in [0.15, 0.2) is 12.4 Å². The van der Waals surface area contributed by atoms with Gasteiger partial charge in [0.05, 0.1) is 12.7 Å². The third-order valence-electron chi connectivity index (χ3n) is 5.18. The van der Waals surface area contributed by atoms with Crippen LogP contribution in [-0.2, 0) is 20.7 Å². The van der Waals surface area contributed by atoms with Crippen LogP contribution in [0.4, 0.5) is 5.69 Å². The molecule has 158 valence electrons. The Hall–Kier alpha value is -3.42. The van der Waals surface area contributed by atoms with E-state index >= 15 is 0 Å². The minimum Gasteiger partial charge on any atom is -0.465 e. The molecule has 0 aliphatic carbocycles. The van der Waals surface area contributed by atoms with Crippen LogP contribution in [0.25, 0.3) is 0 Å². The summed E-state index contributed by atoms with van der Waals surface area (Å²) in [6, 6.07) is 6.65. The molecule has 8 nitrogen and oxygen atoms in total. The number of carbonyl (C=O) groups excluding carboxylic acids is 4. The zero-order valence-corrected chi connectivity index (χ0v) is 17.2. The first kappa shape index (κ1) is 21.3. The Morgan fingerprint density at radius 1 is 1.13 bits per heavy atom. The van der Waals surface area contributed by atoms with Crippen LogP contribution in [0, 0.1) is 6.92 Å². The fraction of sp³-hybridized carbons (Fsp3) is 0.364. The molecule has 30 heavy (non-hydrogen) atoms. The molecule has 0 radical (unpaired) electrons. The van der Waals surface area contributed by atoms with E-state index in [1.807, 2.05) is 6.92 Å². The lowest BCUT2D eigenvalue weighted by Crippen LogP contribution is -2.23. The summed E-state index contributed by atoms with van der Waals surface area (Å²) < 4.78 is 9.93. The van der Waals surface area contributed by atoms with Gasteiger partial charge in [-0.2, -0.15) is 0 Å². The molecular weight excluding hydrogens is 388 g/mol. The second-order valence-electron chi connectivity index (χ2n) is 7.02. The van der Waals surface area contributed by atoms with Crippen LogP contribution >= 0.6 is 0 Å². The highest BCUT2D eigenvalue weighted by Crippen LogP contribution is 2.23. The van der Waals surface area contributed by atoms with E-state index in [4.69, 9.17) is 9.47 Å². The number of amides is 1. The van der Waals surface area contributed by atoms with E-state index < -0.39 is 18.5 Å². The number of aromatic nitrogens is 1. The Morgan fingerprint density at radius 3 is 2.40 bits per heavy atom. The SMILES string of the molecule is CCc1[nH]c(C(=O)OCC(=O)c2ccc(N3CCCC3=O)cc2)c(C)c1C(=O)OC. The number of hydrogen-bond acceptors (Lipinski definition) is 6. The number of H-pyrrole nitrogens is 1. The van der Waals surface area contributed by atoms with E-state index in [1.54, 1.807) is 36.1 Å². The van der Waals surface area contributed by atoms with Gasteiger partial charge in [0.2, 0.25) is 5.91 Å². The summed E-state index contributed by atoms with van der Waals surface area (Å²) in [6.07, 6.45) is 1.86. The van der Waals surface area contributed by atoms with Gasteiger partial charge < -0.3 is 19.4 Å². The van der Waals surface area contributed by atoms with Crippen molar-refractivity contribution >= 4 is 29.3 Å². The molecule has 1 aromatic heterocycles. The van der Waals surface area contributed by atoms with Crippen molar-refractivity contribution in [3.05, 3.63) is 52.3 Å². The number of hydrogen-bond donors (Lipinski definition) is 1. The smallest absolute Gasteiger partial charge is 0.355 e. The van der Waals surface area contributed by atoms with Crippen molar-refractivity contribution in [2.24, 2.45) is 0 Å². The largest absolute Gasteiger partial charge is 0.465 e. The summed E-state index contributed by atoms with van der Waals surface area (Å²) >= 11 is 0. The molecule has 2 aromatic rings. The zero-order chi connectivity index (χ0) is 21.8. The van der Waals surface area contributed by atoms with Crippen molar-refractivity contribution in [1.82, 2.24) is 4.98 Å². The molecule has 0 atom stereocenters. The van der Waals surface area contributed by atoms with E-state index in [0.717, 1.165) is 12.1 Å². The predicted octanol–water partition coefficient (Wildman–Crippen LogP) is 2.84. The number of anilines is 1. The highest BCUT2D eigenvalue weighted by Gasteiger charge is 2.25. The number of nitrogens with one attached hydrogen (secondary N) is 1. The molecule has 1 N–H and O–H groups in total. The third kappa shape index (κ3) is 4.12. The second kappa shape index (κ2) is 8.94. The Bertz CT molecular complexity index is 990. The Balaban J connectivity index is 1.66. The van der Waals surface area contributed by atoms with Crippen molar-refractivity contribution in [2.75, 3.05) is 25.2 Å². The van der Waals surface area contributed by atoms with Crippen LogP contribution in [0.5, 0.6) is 0 Å². The topological polar surface area (TPSA) is 106 Å². The lowest BCUT2D eigenvalue weighted by Gasteiger charge is -2.15. The van der Waals surface area contributed by atoms with Gasteiger partial charge in [-0.25, -0.2) is 9.59 Å². The average Bonchev–Trinajstić information content (AvgIpc) is 3.34. The summed E-state index contributed by atoms with van der Waals surface area (Å²) in [7, 11) is 1.27. The first-order valence-corrected chi connectivity index (χ1v) is 9.77. The van der Waals surface area contributed by atoms with Gasteiger partial charge in [-0.05, 0) is 49.6 Å². The van der Waals surface area contributed by atoms with Gasteiger partial charge in [0.1, 0.15) is 5.69 Å². The molecule has 1 aliphatic rings. The molecule has 1 aromatic carbocycles. The summed E-state index contributed by atoms with van der Waals surface area (Å²) in [5.74, 6) is -1.55. The minimum absolute atomic E-state index is 0.0714. The van der Waals surface area contributed by atoms with Crippen LogP contribution in [0.15, 0.2) is 24.3 Å². The number of carbonyl (C=O) groups is 4. The Morgan fingerprint density at radius 2 is 1.83 bits per heavy atom. The van der Waals surface area contributed by atoms with E-state index in [-0.39, 0.29) is 17.4 Å². The molecule has 1 fully saturated rings. The molecule has 1 amide bonds. The van der Waals surface area contributed by atoms with E-state index in [0.29, 0.717) is 41.8 Å². The number of ether oxygens (including phenoxy) is 2. The average molecular weight is 412 g/mol. The minimum atomic E-state index is -0.718. The Kier molecular flexibility index (Phi) is 6.34. The zero-order valence-electron chi connectivity index (χ0n) is 17.2. The normalized spacial score (nSPS) is 13.4. The quantitative estimate of drug-likeness (QED) is 0.554. The second-order valence-corrected chi connectivity index (χ2v) is 7.02. The maximum atomic E-state index is 12.5. The molecule has 0 unspecified atom stereocenters. The van der Waals surface area contributed by atoms with Crippen molar-refractivity contribution in [2.45, 2.75) is 33.1 Å². The first-order valence-electron chi connectivity index (χ1n) is 9.77. The van der Waals surface area contributed by atoms with Gasteiger partial charge >= 0.3 is 11.9 Å². The molecule has 3 rings (SSSR count). The molecule has 0 bridgehead atoms. The first-order chi connectivity index (χ1) is 14.4. The van der Waals surface area contributed by atoms with E-state index in [2.05, 4.69) is 4.98 Å². The number of methoxy groups -OCH3 is 1. The van der Waals surface area contributed by atoms with E-state index in [9.17, 15) is 19.2 Å². The number of ketones is 1. The molecule has 0 spiro atoms. The molecule has 8 heteroatoms. The van der Waals surface area contributed by atoms with Crippen LogP contribution in [0.1, 0.15) is 62.2 Å². The van der Waals surface area contributed by atoms with E-state index in [1.165, 1.54) is 7.11 Å². The van der Waals surface area contributed by atoms with Crippen molar-refractivity contribution < 1.29 is 28.7 Å². The van der Waals surface area contributed by atoms with Crippen LogP contribution in [-0.4, -0.2) is 48.9 Å². The van der Waals surface area contributed by atoms with Gasteiger partial charge in [0, 0.05) is 29.9 Å². The molecule has 1 saturated heterocycles. The fourth-order valence-electron chi connectivity index (χ4n) is 3.54. The van der Waals surface area contributed by atoms with Gasteiger partial charge in [0.25, 0.3) is 0 Å². The van der Waals surface area contributed by atoms with Crippen molar-refractivity contribution in [3.63, 3.8) is 0 Å². The summed E-state index contributed by atoms with van der Waals surface area (Å²) in [4.78, 5) is 53.2. The number of rotatable bonds is 7. The highest BCUT2D eigenvalue weighted by molar-refractivity contribution is 6.02. The third-order valence-corrected chi connectivity index (χ3v) is 5.18. The predicted molar refractivity (Wildman–Crippen MR) is 109 cm³/mol. The molecule has 1 aliphatic heterocycles. The Labute approximate surface area is 174 Å². The van der Waals surface area contributed by atoms with Crippen LogP contribution in [0.3, 0.4) is 0 Å². The number of nitrogens with zero attached hydrogens (tertiary/aromatic N) is 1. The van der Waals surface area contributed by atoms with Crippen LogP contribution < -0.4 is 4.90 Å². The summed E-state index contributed by atoms with van der Waals surface area (Å²) in [5, 5.41) is 0. The molecule has 0 saturated carbocycles. The molecular formula is C22H24N2O6. The maximum absolute atomic E-state index is 12.5. The fourth-order valence-corrected chi connectivity index (χ4v) is 3.54. The molecule has 2 heterocycles. The lowest BCUT2D eigenvalue weighted by atomic mass is 10.1.